The van der Waals surface area contributed by atoms with Gasteiger partial charge in [0, 0.05) is 0 Å². The van der Waals surface area contributed by atoms with Gasteiger partial charge in [-0.05, 0) is 36.8 Å². The molecule has 2 aromatic rings. The molecule has 7 heteroatoms. The van der Waals surface area contributed by atoms with Gasteiger partial charge >= 0.3 is 0 Å². The number of piperazine rings is 1. The minimum Gasteiger partial charge on any atom is -0.493 e. The third kappa shape index (κ3) is 5.16. The summed E-state index contributed by atoms with van der Waals surface area (Å²) in [6.45, 7) is 6.03. The zero-order valence-corrected chi connectivity index (χ0v) is 18.2. The first-order valence-electron chi connectivity index (χ1n) is 10.1. The smallest absolute Gasteiger partial charge is 0.260 e. The third-order valence-corrected chi connectivity index (χ3v) is 5.40. The zero-order chi connectivity index (χ0) is 21.5. The molecule has 1 amide bonds. The Morgan fingerprint density at radius 3 is 2.37 bits per heavy atom. The van der Waals surface area contributed by atoms with Gasteiger partial charge in [0.1, 0.15) is 12.3 Å². The van der Waals surface area contributed by atoms with E-state index in [0.29, 0.717) is 30.3 Å². The van der Waals surface area contributed by atoms with Gasteiger partial charge in [0.25, 0.3) is 5.91 Å². The number of nitrogens with zero attached hydrogens (tertiary/aromatic N) is 1. The largest absolute Gasteiger partial charge is 0.493 e. The SMILES string of the molecule is COc1ccc(C[NH+]2CCN(C(=O)COc3cccc(C)c3)CC2)c(OC)c1OC. The Hall–Kier alpha value is -2.93. The van der Waals surface area contributed by atoms with Crippen molar-refractivity contribution in [1.82, 2.24) is 4.90 Å². The van der Waals surface area contributed by atoms with Crippen LogP contribution in [0.4, 0.5) is 0 Å². The fourth-order valence-corrected chi connectivity index (χ4v) is 3.76. The molecule has 1 aliphatic rings. The number of carbonyl (C=O) groups is 1. The van der Waals surface area contributed by atoms with Gasteiger partial charge in [-0.1, -0.05) is 12.1 Å². The van der Waals surface area contributed by atoms with Crippen LogP contribution in [0.2, 0.25) is 0 Å². The minimum atomic E-state index is 0.0271. The molecule has 1 aliphatic heterocycles. The standard InChI is InChI=1S/C23H30N2O5/c1-17-6-5-7-19(14-17)30-16-21(26)25-12-10-24(11-13-25)15-18-8-9-20(27-2)23(29-4)22(18)28-3/h5-9,14H,10-13,15-16H2,1-4H3/p+1. The van der Waals surface area contributed by atoms with E-state index in [1.807, 2.05) is 48.2 Å². The maximum atomic E-state index is 12.5. The second-order valence-corrected chi connectivity index (χ2v) is 7.41. The molecule has 0 unspecified atom stereocenters. The van der Waals surface area contributed by atoms with Crippen molar-refractivity contribution in [2.24, 2.45) is 0 Å². The predicted octanol–water partition coefficient (Wildman–Crippen LogP) is 1.33. The number of benzene rings is 2. The normalized spacial score (nSPS) is 14.3. The van der Waals surface area contributed by atoms with Crippen molar-refractivity contribution in [2.45, 2.75) is 13.5 Å². The van der Waals surface area contributed by atoms with Crippen molar-refractivity contribution in [1.29, 1.82) is 0 Å². The molecule has 0 spiro atoms. The molecule has 1 N–H and O–H groups in total. The van der Waals surface area contributed by atoms with Gasteiger partial charge in [-0.2, -0.15) is 0 Å². The van der Waals surface area contributed by atoms with Crippen molar-refractivity contribution in [2.75, 3.05) is 54.1 Å². The van der Waals surface area contributed by atoms with E-state index in [1.54, 1.807) is 21.3 Å². The highest BCUT2D eigenvalue weighted by molar-refractivity contribution is 5.77. The van der Waals surface area contributed by atoms with Crippen LogP contribution in [0, 0.1) is 6.92 Å². The number of methoxy groups -OCH3 is 3. The van der Waals surface area contributed by atoms with E-state index in [0.717, 1.165) is 36.5 Å². The number of hydrogen-bond acceptors (Lipinski definition) is 5. The van der Waals surface area contributed by atoms with E-state index < -0.39 is 0 Å². The quantitative estimate of drug-likeness (QED) is 0.705. The van der Waals surface area contributed by atoms with Crippen molar-refractivity contribution < 1.29 is 28.6 Å². The molecule has 162 valence electrons. The Morgan fingerprint density at radius 1 is 1.00 bits per heavy atom. The average molecular weight is 416 g/mol. The summed E-state index contributed by atoms with van der Waals surface area (Å²) in [7, 11) is 4.86. The number of carbonyl (C=O) groups excluding carboxylic acids is 1. The number of rotatable bonds is 8. The van der Waals surface area contributed by atoms with Crippen LogP contribution < -0.4 is 23.8 Å². The van der Waals surface area contributed by atoms with Crippen LogP contribution in [0.25, 0.3) is 0 Å². The summed E-state index contributed by atoms with van der Waals surface area (Å²) in [5.41, 5.74) is 2.18. The lowest BCUT2D eigenvalue weighted by Gasteiger charge is -2.32. The molecule has 0 aliphatic carbocycles. The summed E-state index contributed by atoms with van der Waals surface area (Å²) < 4.78 is 22.1. The number of aryl methyl sites for hydroxylation is 1. The van der Waals surface area contributed by atoms with Crippen molar-refractivity contribution in [3.05, 3.63) is 47.5 Å². The molecule has 0 radical (unpaired) electrons. The van der Waals surface area contributed by atoms with Crippen LogP contribution >= 0.6 is 0 Å². The third-order valence-electron chi connectivity index (χ3n) is 5.40. The molecule has 1 heterocycles. The molecule has 30 heavy (non-hydrogen) atoms. The number of ether oxygens (including phenoxy) is 4. The second-order valence-electron chi connectivity index (χ2n) is 7.41. The highest BCUT2D eigenvalue weighted by Crippen LogP contribution is 2.39. The number of quaternary nitrogens is 1. The number of nitrogens with one attached hydrogen (secondary N) is 1. The molecule has 0 atom stereocenters. The number of hydrogen-bond donors (Lipinski definition) is 1. The summed E-state index contributed by atoms with van der Waals surface area (Å²) in [6.07, 6.45) is 0. The van der Waals surface area contributed by atoms with Gasteiger partial charge in [-0.25, -0.2) is 0 Å². The van der Waals surface area contributed by atoms with E-state index in [-0.39, 0.29) is 12.5 Å². The molecular formula is C23H31N2O5+. The monoisotopic (exact) mass is 415 g/mol. The summed E-state index contributed by atoms with van der Waals surface area (Å²) in [5, 5.41) is 0. The first-order chi connectivity index (χ1) is 14.5. The molecule has 0 aromatic heterocycles. The van der Waals surface area contributed by atoms with Crippen LogP contribution in [-0.4, -0.2) is 64.9 Å². The summed E-state index contributed by atoms with van der Waals surface area (Å²) >= 11 is 0. The van der Waals surface area contributed by atoms with E-state index in [2.05, 4.69) is 0 Å². The molecule has 1 saturated heterocycles. The molecule has 0 bridgehead atoms. The van der Waals surface area contributed by atoms with Crippen molar-refractivity contribution in [3.8, 4) is 23.0 Å². The Kier molecular flexibility index (Phi) is 7.41. The van der Waals surface area contributed by atoms with Crippen LogP contribution in [0.1, 0.15) is 11.1 Å². The Balaban J connectivity index is 1.54. The maximum Gasteiger partial charge on any atom is 0.260 e. The maximum absolute atomic E-state index is 12.5. The van der Waals surface area contributed by atoms with Gasteiger partial charge in [0.05, 0.1) is 53.1 Å². The van der Waals surface area contributed by atoms with Gasteiger partial charge in [0.15, 0.2) is 18.1 Å². The summed E-state index contributed by atoms with van der Waals surface area (Å²) in [4.78, 5) is 15.8. The Labute approximate surface area is 178 Å². The van der Waals surface area contributed by atoms with E-state index in [9.17, 15) is 4.79 Å². The molecule has 1 fully saturated rings. The molecule has 7 nitrogen and oxygen atoms in total. The van der Waals surface area contributed by atoms with Gasteiger partial charge in [-0.3, -0.25) is 4.79 Å². The average Bonchev–Trinajstić information content (AvgIpc) is 2.77. The van der Waals surface area contributed by atoms with Crippen molar-refractivity contribution in [3.63, 3.8) is 0 Å². The lowest BCUT2D eigenvalue weighted by atomic mass is 10.1. The first-order valence-corrected chi connectivity index (χ1v) is 10.1. The van der Waals surface area contributed by atoms with E-state index >= 15 is 0 Å². The lowest BCUT2D eigenvalue weighted by molar-refractivity contribution is -0.917. The Bertz CT molecular complexity index is 863. The second kappa shape index (κ2) is 10.2. The van der Waals surface area contributed by atoms with Gasteiger partial charge in [0.2, 0.25) is 5.75 Å². The van der Waals surface area contributed by atoms with Crippen LogP contribution in [0.3, 0.4) is 0 Å². The lowest BCUT2D eigenvalue weighted by Crippen LogP contribution is -3.13. The molecular weight excluding hydrogens is 384 g/mol. The fourth-order valence-electron chi connectivity index (χ4n) is 3.76. The van der Waals surface area contributed by atoms with Crippen LogP contribution in [-0.2, 0) is 11.3 Å². The zero-order valence-electron chi connectivity index (χ0n) is 18.2. The minimum absolute atomic E-state index is 0.0271. The van der Waals surface area contributed by atoms with Gasteiger partial charge in [-0.15, -0.1) is 0 Å². The number of amides is 1. The Morgan fingerprint density at radius 2 is 1.73 bits per heavy atom. The van der Waals surface area contributed by atoms with Crippen molar-refractivity contribution >= 4 is 5.91 Å². The summed E-state index contributed by atoms with van der Waals surface area (Å²) in [6, 6.07) is 11.7. The topological polar surface area (TPSA) is 61.7 Å². The van der Waals surface area contributed by atoms with E-state index in [1.165, 1.54) is 4.90 Å². The van der Waals surface area contributed by atoms with Gasteiger partial charge < -0.3 is 28.7 Å². The highest BCUT2D eigenvalue weighted by Gasteiger charge is 2.26. The van der Waals surface area contributed by atoms with Crippen LogP contribution in [0.15, 0.2) is 36.4 Å². The van der Waals surface area contributed by atoms with Crippen LogP contribution in [0.5, 0.6) is 23.0 Å². The highest BCUT2D eigenvalue weighted by atomic mass is 16.5. The first kappa shape index (κ1) is 21.8. The predicted molar refractivity (Wildman–Crippen MR) is 114 cm³/mol. The molecule has 0 saturated carbocycles. The fraction of sp³-hybridized carbons (Fsp3) is 0.435. The van der Waals surface area contributed by atoms with E-state index in [4.69, 9.17) is 18.9 Å². The molecule has 2 aromatic carbocycles. The molecule has 3 rings (SSSR count). The summed E-state index contributed by atoms with van der Waals surface area (Å²) in [5.74, 6) is 2.72.